The molecule has 5 heteroatoms. The fraction of sp³-hybridized carbons (Fsp3) is 0.200. The maximum absolute atomic E-state index is 13.0. The monoisotopic (exact) mass is 376 g/mol. The van der Waals surface area contributed by atoms with Gasteiger partial charge in [0, 0.05) is 20.9 Å². The van der Waals surface area contributed by atoms with Crippen LogP contribution in [-0.4, -0.2) is 11.2 Å². The van der Waals surface area contributed by atoms with E-state index in [9.17, 15) is 9.50 Å². The van der Waals surface area contributed by atoms with Gasteiger partial charge >= 0.3 is 0 Å². The Kier molecular flexibility index (Phi) is 5.44. The lowest BCUT2D eigenvalue weighted by Crippen LogP contribution is -2.15. The van der Waals surface area contributed by atoms with Gasteiger partial charge in [0.1, 0.15) is 5.82 Å². The number of hydrogen-bond donors (Lipinski definition) is 1. The molecular weight excluding hydrogens is 366 g/mol. The molecule has 0 saturated carbocycles. The maximum Gasteiger partial charge on any atom is 0.124 e. The van der Waals surface area contributed by atoms with Gasteiger partial charge in [-0.1, -0.05) is 51.3 Å². The standard InChI is InChI=1S/C15H12BrCl2FO/c16-13-7-10(19)5-4-9(13)6-11(20)8-12-14(17)2-1-3-15(12)18/h1-5,7,11,20H,6,8H2. The van der Waals surface area contributed by atoms with Crippen molar-refractivity contribution in [3.05, 3.63) is 67.9 Å². The zero-order valence-corrected chi connectivity index (χ0v) is 13.5. The van der Waals surface area contributed by atoms with E-state index in [4.69, 9.17) is 23.2 Å². The number of hydrogen-bond acceptors (Lipinski definition) is 1. The maximum atomic E-state index is 13.0. The molecule has 1 unspecified atom stereocenters. The van der Waals surface area contributed by atoms with Crippen LogP contribution >= 0.6 is 39.1 Å². The Morgan fingerprint density at radius 2 is 1.75 bits per heavy atom. The fourth-order valence-electron chi connectivity index (χ4n) is 1.98. The van der Waals surface area contributed by atoms with E-state index < -0.39 is 6.10 Å². The van der Waals surface area contributed by atoms with E-state index in [1.165, 1.54) is 12.1 Å². The molecule has 2 rings (SSSR count). The third-order valence-corrected chi connectivity index (χ3v) is 4.42. The molecule has 106 valence electrons. The Morgan fingerprint density at radius 3 is 2.35 bits per heavy atom. The van der Waals surface area contributed by atoms with Gasteiger partial charge in [0.15, 0.2) is 0 Å². The minimum atomic E-state index is -0.644. The van der Waals surface area contributed by atoms with Crippen molar-refractivity contribution in [3.63, 3.8) is 0 Å². The zero-order chi connectivity index (χ0) is 14.7. The first kappa shape index (κ1) is 15.8. The first-order valence-electron chi connectivity index (χ1n) is 6.02. The molecule has 0 saturated heterocycles. The molecule has 1 N–H and O–H groups in total. The predicted molar refractivity (Wildman–Crippen MR) is 84.0 cm³/mol. The van der Waals surface area contributed by atoms with Gasteiger partial charge in [-0.25, -0.2) is 4.39 Å². The summed E-state index contributed by atoms with van der Waals surface area (Å²) in [5.41, 5.74) is 1.56. The molecule has 2 aromatic rings. The van der Waals surface area contributed by atoms with E-state index in [-0.39, 0.29) is 5.82 Å². The van der Waals surface area contributed by atoms with Crippen molar-refractivity contribution in [1.82, 2.24) is 0 Å². The van der Waals surface area contributed by atoms with Crippen LogP contribution in [-0.2, 0) is 12.8 Å². The van der Waals surface area contributed by atoms with Crippen LogP contribution in [0, 0.1) is 5.82 Å². The highest BCUT2D eigenvalue weighted by atomic mass is 79.9. The van der Waals surface area contributed by atoms with Gasteiger partial charge in [-0.3, -0.25) is 0 Å². The van der Waals surface area contributed by atoms with Crippen molar-refractivity contribution in [1.29, 1.82) is 0 Å². The summed E-state index contributed by atoms with van der Waals surface area (Å²) in [4.78, 5) is 0. The lowest BCUT2D eigenvalue weighted by Gasteiger charge is -2.14. The Hall–Kier alpha value is -0.610. The average Bonchev–Trinajstić information content (AvgIpc) is 2.37. The second-order valence-electron chi connectivity index (χ2n) is 4.50. The SMILES string of the molecule is OC(Cc1ccc(F)cc1Br)Cc1c(Cl)cccc1Cl. The van der Waals surface area contributed by atoms with Crippen molar-refractivity contribution >= 4 is 39.1 Å². The molecule has 0 radical (unpaired) electrons. The van der Waals surface area contributed by atoms with Gasteiger partial charge < -0.3 is 5.11 Å². The van der Waals surface area contributed by atoms with Gasteiger partial charge in [-0.2, -0.15) is 0 Å². The number of aliphatic hydroxyl groups is 1. The van der Waals surface area contributed by atoms with Crippen molar-refractivity contribution in [3.8, 4) is 0 Å². The Labute approximate surface area is 135 Å². The van der Waals surface area contributed by atoms with Crippen LogP contribution in [0.5, 0.6) is 0 Å². The summed E-state index contributed by atoms with van der Waals surface area (Å²) < 4.78 is 13.7. The molecule has 0 fully saturated rings. The summed E-state index contributed by atoms with van der Waals surface area (Å²) in [6.07, 6.45) is 0.0965. The summed E-state index contributed by atoms with van der Waals surface area (Å²) in [6.45, 7) is 0. The van der Waals surface area contributed by atoms with Crippen LogP contribution in [0.4, 0.5) is 4.39 Å². The largest absolute Gasteiger partial charge is 0.392 e. The van der Waals surface area contributed by atoms with Crippen LogP contribution in [0.2, 0.25) is 10.0 Å². The summed E-state index contributed by atoms with van der Waals surface area (Å²) in [5.74, 6) is -0.315. The third-order valence-electron chi connectivity index (χ3n) is 2.97. The minimum absolute atomic E-state index is 0.315. The molecule has 0 aromatic heterocycles. The summed E-state index contributed by atoms with van der Waals surface area (Å²) in [7, 11) is 0. The molecule has 0 aliphatic carbocycles. The van der Waals surface area contributed by atoms with Crippen LogP contribution in [0.25, 0.3) is 0 Å². The molecular formula is C15H12BrCl2FO. The molecule has 0 spiro atoms. The summed E-state index contributed by atoms with van der Waals surface area (Å²) in [5, 5.41) is 11.2. The highest BCUT2D eigenvalue weighted by Crippen LogP contribution is 2.27. The number of benzene rings is 2. The van der Waals surface area contributed by atoms with Crippen molar-refractivity contribution in [2.45, 2.75) is 18.9 Å². The minimum Gasteiger partial charge on any atom is -0.392 e. The second kappa shape index (κ2) is 6.90. The molecule has 0 aliphatic rings. The first-order valence-corrected chi connectivity index (χ1v) is 7.57. The van der Waals surface area contributed by atoms with Crippen molar-refractivity contribution in [2.24, 2.45) is 0 Å². The molecule has 0 aliphatic heterocycles. The Bertz CT molecular complexity index is 599. The van der Waals surface area contributed by atoms with Crippen LogP contribution in [0.15, 0.2) is 40.9 Å². The molecule has 0 bridgehead atoms. The Balaban J connectivity index is 2.11. The summed E-state index contributed by atoms with van der Waals surface area (Å²) in [6, 6.07) is 9.64. The quantitative estimate of drug-likeness (QED) is 0.791. The zero-order valence-electron chi connectivity index (χ0n) is 10.4. The highest BCUT2D eigenvalue weighted by Gasteiger charge is 2.14. The normalized spacial score (nSPS) is 12.4. The second-order valence-corrected chi connectivity index (χ2v) is 6.17. The molecule has 1 atom stereocenters. The highest BCUT2D eigenvalue weighted by molar-refractivity contribution is 9.10. The van der Waals surface area contributed by atoms with Crippen LogP contribution in [0.1, 0.15) is 11.1 Å². The van der Waals surface area contributed by atoms with Gasteiger partial charge in [-0.15, -0.1) is 0 Å². The van der Waals surface area contributed by atoms with E-state index in [1.54, 1.807) is 24.3 Å². The van der Waals surface area contributed by atoms with E-state index >= 15 is 0 Å². The van der Waals surface area contributed by atoms with Gasteiger partial charge in [-0.05, 0) is 41.8 Å². The third kappa shape index (κ3) is 3.95. The lowest BCUT2D eigenvalue weighted by atomic mass is 10.0. The van der Waals surface area contributed by atoms with Crippen LogP contribution in [0.3, 0.4) is 0 Å². The molecule has 2 aromatic carbocycles. The van der Waals surface area contributed by atoms with Crippen LogP contribution < -0.4 is 0 Å². The van der Waals surface area contributed by atoms with Crippen molar-refractivity contribution < 1.29 is 9.50 Å². The topological polar surface area (TPSA) is 20.2 Å². The summed E-state index contributed by atoms with van der Waals surface area (Å²) >= 11 is 15.4. The number of aliphatic hydroxyl groups excluding tert-OH is 1. The smallest absolute Gasteiger partial charge is 0.124 e. The average molecular weight is 378 g/mol. The lowest BCUT2D eigenvalue weighted by molar-refractivity contribution is 0.175. The van der Waals surface area contributed by atoms with E-state index in [1.807, 2.05) is 0 Å². The molecule has 20 heavy (non-hydrogen) atoms. The molecule has 0 amide bonds. The Morgan fingerprint density at radius 1 is 1.10 bits per heavy atom. The fourth-order valence-corrected chi connectivity index (χ4v) is 3.04. The van der Waals surface area contributed by atoms with Gasteiger partial charge in [0.25, 0.3) is 0 Å². The van der Waals surface area contributed by atoms with Crippen molar-refractivity contribution in [2.75, 3.05) is 0 Å². The van der Waals surface area contributed by atoms with Gasteiger partial charge in [0.05, 0.1) is 6.10 Å². The first-order chi connectivity index (χ1) is 9.47. The van der Waals surface area contributed by atoms with E-state index in [2.05, 4.69) is 15.9 Å². The van der Waals surface area contributed by atoms with E-state index in [0.717, 1.165) is 11.1 Å². The number of rotatable bonds is 4. The molecule has 0 heterocycles. The molecule has 1 nitrogen and oxygen atoms in total. The van der Waals surface area contributed by atoms with Gasteiger partial charge in [0.2, 0.25) is 0 Å². The van der Waals surface area contributed by atoms with E-state index in [0.29, 0.717) is 27.4 Å². The number of halogens is 4. The predicted octanol–water partition coefficient (Wildman–Crippen LogP) is 5.04.